The number of phenols is 1. The summed E-state index contributed by atoms with van der Waals surface area (Å²) in [4.78, 5) is 12.2. The molecule has 1 aromatic carbocycles. The maximum absolute atomic E-state index is 12.2. The van der Waals surface area contributed by atoms with Gasteiger partial charge in [0.15, 0.2) is 0 Å². The Bertz CT molecular complexity index is 791. The Morgan fingerprint density at radius 3 is 2.65 bits per heavy atom. The highest BCUT2D eigenvalue weighted by Crippen LogP contribution is 2.19. The number of rotatable bonds is 9. The van der Waals surface area contributed by atoms with Crippen molar-refractivity contribution in [1.82, 2.24) is 10.2 Å². The Morgan fingerprint density at radius 2 is 1.96 bits per heavy atom. The molecule has 2 N–H and O–H groups in total. The molecule has 0 atom stereocenters. The summed E-state index contributed by atoms with van der Waals surface area (Å²) in [7, 11) is 0. The molecule has 0 radical (unpaired) electrons. The van der Waals surface area contributed by atoms with Gasteiger partial charge in [-0.3, -0.25) is 10.1 Å². The fourth-order valence-corrected chi connectivity index (χ4v) is 3.11. The van der Waals surface area contributed by atoms with Crippen molar-refractivity contribution in [1.29, 1.82) is 5.26 Å². The number of nitriles is 1. The maximum Gasteiger partial charge on any atom is 0.268 e. The van der Waals surface area contributed by atoms with Crippen molar-refractivity contribution in [2.24, 2.45) is 0 Å². The van der Waals surface area contributed by atoms with Gasteiger partial charge in [0.1, 0.15) is 22.4 Å². The second kappa shape index (κ2) is 10.3. The molecule has 0 saturated heterocycles. The summed E-state index contributed by atoms with van der Waals surface area (Å²) in [6.07, 6.45) is 8.24. The fourth-order valence-electron chi connectivity index (χ4n) is 2.34. The Kier molecular flexibility index (Phi) is 7.77. The van der Waals surface area contributed by atoms with Gasteiger partial charge in [-0.25, -0.2) is 0 Å². The molecule has 2 rings (SSSR count). The topological polar surface area (TPSA) is 98.9 Å². The molecule has 1 amide bonds. The summed E-state index contributed by atoms with van der Waals surface area (Å²) in [5.41, 5.74) is 0.617. The summed E-state index contributed by atoms with van der Waals surface area (Å²) < 4.78 is 0. The van der Waals surface area contributed by atoms with E-state index in [1.54, 1.807) is 12.1 Å². The summed E-state index contributed by atoms with van der Waals surface area (Å²) in [5, 5.41) is 30.5. The predicted molar refractivity (Wildman–Crippen MR) is 103 cm³/mol. The molecule has 136 valence electrons. The molecule has 0 aliphatic carbocycles. The van der Waals surface area contributed by atoms with Crippen LogP contribution in [0.3, 0.4) is 0 Å². The van der Waals surface area contributed by atoms with E-state index in [2.05, 4.69) is 22.4 Å². The predicted octanol–water partition coefficient (Wildman–Crippen LogP) is 4.30. The van der Waals surface area contributed by atoms with E-state index in [1.807, 2.05) is 6.07 Å². The number of carbonyl (C=O) groups is 1. The van der Waals surface area contributed by atoms with Crippen LogP contribution >= 0.6 is 11.3 Å². The molecule has 7 heteroatoms. The fraction of sp³-hybridized carbons (Fsp3) is 0.368. The molecule has 1 aromatic heterocycles. The number of hydrogen-bond acceptors (Lipinski definition) is 6. The van der Waals surface area contributed by atoms with Crippen LogP contribution in [0.5, 0.6) is 5.75 Å². The van der Waals surface area contributed by atoms with Crippen molar-refractivity contribution >= 4 is 28.5 Å². The average Bonchev–Trinajstić information content (AvgIpc) is 3.08. The number of hydrogen-bond donors (Lipinski definition) is 2. The lowest BCUT2D eigenvalue weighted by Crippen LogP contribution is -2.13. The molecule has 0 aliphatic heterocycles. The van der Waals surface area contributed by atoms with Crippen molar-refractivity contribution in [3.05, 3.63) is 40.4 Å². The molecule has 0 aliphatic rings. The third-order valence-corrected chi connectivity index (χ3v) is 4.65. The first-order valence-electron chi connectivity index (χ1n) is 8.67. The van der Waals surface area contributed by atoms with E-state index in [-0.39, 0.29) is 11.3 Å². The number of aryl methyl sites for hydroxylation is 1. The zero-order chi connectivity index (χ0) is 18.8. The van der Waals surface area contributed by atoms with Crippen LogP contribution in [0.1, 0.15) is 49.6 Å². The van der Waals surface area contributed by atoms with Crippen LogP contribution in [-0.2, 0) is 11.2 Å². The van der Waals surface area contributed by atoms with Crippen LogP contribution in [0.4, 0.5) is 5.13 Å². The number of unbranched alkanes of at least 4 members (excludes halogenated alkanes) is 4. The van der Waals surface area contributed by atoms with Gasteiger partial charge in [0, 0.05) is 6.42 Å². The highest BCUT2D eigenvalue weighted by Gasteiger charge is 2.13. The Labute approximate surface area is 157 Å². The first kappa shape index (κ1) is 19.6. The van der Waals surface area contributed by atoms with Gasteiger partial charge in [-0.15, -0.1) is 10.2 Å². The Hall–Kier alpha value is -2.72. The van der Waals surface area contributed by atoms with E-state index in [9.17, 15) is 15.2 Å². The van der Waals surface area contributed by atoms with Gasteiger partial charge in [0.05, 0.1) is 0 Å². The SMILES string of the molecule is CCCCCCCc1nnc(NC(=O)/C(C#N)=C\c2ccc(O)cc2)s1. The molecule has 0 spiro atoms. The second-order valence-corrected chi connectivity index (χ2v) is 6.94. The molecule has 0 fully saturated rings. The van der Waals surface area contributed by atoms with E-state index in [0.717, 1.165) is 17.8 Å². The van der Waals surface area contributed by atoms with Crippen LogP contribution in [0, 0.1) is 11.3 Å². The first-order valence-corrected chi connectivity index (χ1v) is 9.48. The van der Waals surface area contributed by atoms with Crippen molar-refractivity contribution in [2.45, 2.75) is 45.4 Å². The van der Waals surface area contributed by atoms with E-state index in [4.69, 9.17) is 0 Å². The van der Waals surface area contributed by atoms with Crippen molar-refractivity contribution in [3.8, 4) is 11.8 Å². The lowest BCUT2D eigenvalue weighted by atomic mass is 10.1. The van der Waals surface area contributed by atoms with Crippen molar-refractivity contribution < 1.29 is 9.90 Å². The van der Waals surface area contributed by atoms with Gasteiger partial charge in [0.2, 0.25) is 5.13 Å². The first-order chi connectivity index (χ1) is 12.6. The number of anilines is 1. The Morgan fingerprint density at radius 1 is 1.23 bits per heavy atom. The standard InChI is InChI=1S/C19H22N4O2S/c1-2-3-4-5-6-7-17-22-23-19(26-17)21-18(25)15(13-20)12-14-8-10-16(24)11-9-14/h8-12,24H,2-7H2,1H3,(H,21,23,25)/b15-12-. The number of nitrogens with one attached hydrogen (secondary N) is 1. The van der Waals surface area contributed by atoms with Gasteiger partial charge in [-0.05, 0) is 30.2 Å². The molecule has 1 heterocycles. The summed E-state index contributed by atoms with van der Waals surface area (Å²) in [6, 6.07) is 8.13. The van der Waals surface area contributed by atoms with Gasteiger partial charge >= 0.3 is 0 Å². The van der Waals surface area contributed by atoms with Crippen LogP contribution < -0.4 is 5.32 Å². The third-order valence-electron chi connectivity index (χ3n) is 3.75. The largest absolute Gasteiger partial charge is 0.508 e. The maximum atomic E-state index is 12.2. The van der Waals surface area contributed by atoms with E-state index in [0.29, 0.717) is 10.7 Å². The second-order valence-electron chi connectivity index (χ2n) is 5.88. The minimum atomic E-state index is -0.522. The molecule has 6 nitrogen and oxygen atoms in total. The number of nitrogens with zero attached hydrogens (tertiary/aromatic N) is 3. The molecular weight excluding hydrogens is 348 g/mol. The monoisotopic (exact) mass is 370 g/mol. The van der Waals surface area contributed by atoms with E-state index < -0.39 is 5.91 Å². The molecule has 0 bridgehead atoms. The zero-order valence-corrected chi connectivity index (χ0v) is 15.6. The van der Waals surface area contributed by atoms with Crippen LogP contribution in [0.2, 0.25) is 0 Å². The summed E-state index contributed by atoms with van der Waals surface area (Å²) in [5.74, 6) is -0.396. The average molecular weight is 370 g/mol. The minimum Gasteiger partial charge on any atom is -0.508 e. The van der Waals surface area contributed by atoms with Gasteiger partial charge < -0.3 is 5.11 Å². The molecule has 26 heavy (non-hydrogen) atoms. The number of carbonyl (C=O) groups excluding carboxylic acids is 1. The Balaban J connectivity index is 1.91. The number of amides is 1. The van der Waals surface area contributed by atoms with Gasteiger partial charge in [-0.2, -0.15) is 5.26 Å². The molecule has 2 aromatic rings. The van der Waals surface area contributed by atoms with E-state index in [1.165, 1.54) is 55.2 Å². The lowest BCUT2D eigenvalue weighted by Gasteiger charge is -2.00. The molecule has 0 saturated carbocycles. The van der Waals surface area contributed by atoms with Gasteiger partial charge in [0.25, 0.3) is 5.91 Å². The molecular formula is C19H22N4O2S. The van der Waals surface area contributed by atoms with Crippen LogP contribution in [0.25, 0.3) is 6.08 Å². The normalized spacial score (nSPS) is 11.2. The lowest BCUT2D eigenvalue weighted by molar-refractivity contribution is -0.112. The highest BCUT2D eigenvalue weighted by molar-refractivity contribution is 7.15. The number of aromatic hydroxyl groups is 1. The minimum absolute atomic E-state index is 0.0352. The third kappa shape index (κ3) is 6.30. The number of aromatic nitrogens is 2. The highest BCUT2D eigenvalue weighted by atomic mass is 32.1. The summed E-state index contributed by atoms with van der Waals surface area (Å²) >= 11 is 1.34. The van der Waals surface area contributed by atoms with E-state index >= 15 is 0 Å². The van der Waals surface area contributed by atoms with Gasteiger partial charge in [-0.1, -0.05) is 56.1 Å². The molecule has 0 unspecified atom stereocenters. The van der Waals surface area contributed by atoms with Crippen molar-refractivity contribution in [2.75, 3.05) is 5.32 Å². The number of benzene rings is 1. The quantitative estimate of drug-likeness (QED) is 0.389. The zero-order valence-electron chi connectivity index (χ0n) is 14.7. The smallest absolute Gasteiger partial charge is 0.268 e. The van der Waals surface area contributed by atoms with Crippen LogP contribution in [0.15, 0.2) is 29.8 Å². The van der Waals surface area contributed by atoms with Crippen molar-refractivity contribution in [3.63, 3.8) is 0 Å². The summed E-state index contributed by atoms with van der Waals surface area (Å²) in [6.45, 7) is 2.19. The van der Waals surface area contributed by atoms with Crippen LogP contribution in [-0.4, -0.2) is 21.2 Å². The number of phenolic OH excluding ortho intramolecular Hbond substituents is 1.